The standard InChI is InChI=1S/C10H8BrF2NO5/c11-4-5-1-2-7(14(17)18)9(19-10(12)13)6(5)3-8(15)16/h1-2,10H,3-4H2,(H,15,16). The van der Waals surface area contributed by atoms with Gasteiger partial charge in [-0.05, 0) is 5.56 Å². The van der Waals surface area contributed by atoms with Crippen LogP contribution in [0.4, 0.5) is 14.5 Å². The molecule has 9 heteroatoms. The third-order valence-electron chi connectivity index (χ3n) is 2.21. The molecule has 0 radical (unpaired) electrons. The van der Waals surface area contributed by atoms with Crippen molar-refractivity contribution in [3.05, 3.63) is 33.4 Å². The molecule has 19 heavy (non-hydrogen) atoms. The van der Waals surface area contributed by atoms with E-state index in [4.69, 9.17) is 5.11 Å². The highest BCUT2D eigenvalue weighted by atomic mass is 79.9. The highest BCUT2D eigenvalue weighted by Crippen LogP contribution is 2.36. The molecule has 1 aromatic rings. The number of carboxylic acid groups (broad SMARTS) is 1. The van der Waals surface area contributed by atoms with Gasteiger partial charge < -0.3 is 9.84 Å². The predicted octanol–water partition coefficient (Wildman–Crippen LogP) is 2.72. The maximum atomic E-state index is 12.3. The minimum atomic E-state index is -3.28. The van der Waals surface area contributed by atoms with Crippen LogP contribution >= 0.6 is 15.9 Å². The van der Waals surface area contributed by atoms with E-state index < -0.39 is 35.4 Å². The molecule has 0 atom stereocenters. The van der Waals surface area contributed by atoms with Crippen molar-refractivity contribution in [3.8, 4) is 5.75 Å². The molecule has 0 heterocycles. The average molecular weight is 340 g/mol. The van der Waals surface area contributed by atoms with Crippen LogP contribution in [0.3, 0.4) is 0 Å². The summed E-state index contributed by atoms with van der Waals surface area (Å²) >= 11 is 3.05. The molecule has 0 unspecified atom stereocenters. The second-order valence-electron chi connectivity index (χ2n) is 3.39. The lowest BCUT2D eigenvalue weighted by atomic mass is 10.0. The van der Waals surface area contributed by atoms with Crippen molar-refractivity contribution in [2.45, 2.75) is 18.4 Å². The fraction of sp³-hybridized carbons (Fsp3) is 0.300. The summed E-state index contributed by atoms with van der Waals surface area (Å²) in [6, 6.07) is 2.29. The predicted molar refractivity (Wildman–Crippen MR) is 63.7 cm³/mol. The monoisotopic (exact) mass is 339 g/mol. The molecule has 0 fully saturated rings. The van der Waals surface area contributed by atoms with Crippen molar-refractivity contribution in [2.24, 2.45) is 0 Å². The SMILES string of the molecule is O=C(O)Cc1c(CBr)ccc([N+](=O)[O-])c1OC(F)F. The van der Waals surface area contributed by atoms with Gasteiger partial charge >= 0.3 is 18.3 Å². The fourth-order valence-electron chi connectivity index (χ4n) is 1.49. The number of alkyl halides is 3. The number of nitro benzene ring substituents is 1. The van der Waals surface area contributed by atoms with E-state index in [1.165, 1.54) is 6.07 Å². The van der Waals surface area contributed by atoms with Gasteiger partial charge in [0.15, 0.2) is 0 Å². The summed E-state index contributed by atoms with van der Waals surface area (Å²) in [5.41, 5.74) is -0.497. The second-order valence-corrected chi connectivity index (χ2v) is 3.95. The van der Waals surface area contributed by atoms with E-state index in [9.17, 15) is 23.7 Å². The molecule has 1 aromatic carbocycles. The first-order chi connectivity index (χ1) is 8.86. The van der Waals surface area contributed by atoms with Gasteiger partial charge in [0.25, 0.3) is 0 Å². The minimum Gasteiger partial charge on any atom is -0.481 e. The third kappa shape index (κ3) is 3.85. The van der Waals surface area contributed by atoms with Gasteiger partial charge in [0, 0.05) is 17.0 Å². The number of carboxylic acids is 1. The van der Waals surface area contributed by atoms with Crippen molar-refractivity contribution >= 4 is 27.6 Å². The van der Waals surface area contributed by atoms with E-state index in [0.29, 0.717) is 5.56 Å². The number of hydrogen-bond acceptors (Lipinski definition) is 4. The average Bonchev–Trinajstić information content (AvgIpc) is 2.29. The zero-order chi connectivity index (χ0) is 14.6. The summed E-state index contributed by atoms with van der Waals surface area (Å²) in [4.78, 5) is 20.6. The zero-order valence-corrected chi connectivity index (χ0v) is 10.9. The highest BCUT2D eigenvalue weighted by Gasteiger charge is 2.25. The van der Waals surface area contributed by atoms with Crippen LogP contribution in [0.1, 0.15) is 11.1 Å². The van der Waals surface area contributed by atoms with Crippen LogP contribution in [0.5, 0.6) is 5.75 Å². The van der Waals surface area contributed by atoms with Crippen LogP contribution in [-0.4, -0.2) is 22.6 Å². The number of aliphatic carboxylic acids is 1. The maximum absolute atomic E-state index is 12.3. The molecular weight excluding hydrogens is 332 g/mol. The molecule has 0 bridgehead atoms. The van der Waals surface area contributed by atoms with Crippen molar-refractivity contribution in [1.82, 2.24) is 0 Å². The van der Waals surface area contributed by atoms with Gasteiger partial charge in [0.05, 0.1) is 11.3 Å². The third-order valence-corrected chi connectivity index (χ3v) is 2.82. The number of carbonyl (C=O) groups is 1. The van der Waals surface area contributed by atoms with Crippen molar-refractivity contribution in [1.29, 1.82) is 0 Å². The Morgan fingerprint density at radius 1 is 1.53 bits per heavy atom. The number of halogens is 3. The Kier molecular flexibility index (Phi) is 5.16. The summed E-state index contributed by atoms with van der Waals surface area (Å²) in [5.74, 6) is -2.01. The smallest absolute Gasteiger partial charge is 0.387 e. The van der Waals surface area contributed by atoms with E-state index in [1.807, 2.05) is 0 Å². The second kappa shape index (κ2) is 6.41. The summed E-state index contributed by atoms with van der Waals surface area (Å²) < 4.78 is 28.7. The Balaban J connectivity index is 3.45. The van der Waals surface area contributed by atoms with Gasteiger partial charge in [-0.25, -0.2) is 0 Å². The number of nitro groups is 1. The molecule has 0 saturated carbocycles. The molecule has 0 aliphatic heterocycles. The Hall–Kier alpha value is -1.77. The lowest BCUT2D eigenvalue weighted by Crippen LogP contribution is -2.11. The van der Waals surface area contributed by atoms with Gasteiger partial charge in [0.1, 0.15) is 0 Å². The Morgan fingerprint density at radius 3 is 2.58 bits per heavy atom. The molecule has 0 spiro atoms. The number of ether oxygens (including phenoxy) is 1. The maximum Gasteiger partial charge on any atom is 0.387 e. The molecule has 1 N–H and O–H groups in total. The first-order valence-corrected chi connectivity index (χ1v) is 6.00. The molecular formula is C10H8BrF2NO5. The van der Waals surface area contributed by atoms with Crippen molar-refractivity contribution < 1.29 is 28.3 Å². The number of benzene rings is 1. The summed E-state index contributed by atoms with van der Waals surface area (Å²) in [7, 11) is 0. The molecule has 104 valence electrons. The number of nitrogens with zero attached hydrogens (tertiary/aromatic N) is 1. The van der Waals surface area contributed by atoms with Gasteiger partial charge in [0.2, 0.25) is 5.75 Å². The number of rotatable bonds is 6. The van der Waals surface area contributed by atoms with Crippen LogP contribution < -0.4 is 4.74 Å². The van der Waals surface area contributed by atoms with Gasteiger partial charge in [-0.3, -0.25) is 14.9 Å². The van der Waals surface area contributed by atoms with Crippen molar-refractivity contribution in [2.75, 3.05) is 0 Å². The van der Waals surface area contributed by atoms with Gasteiger partial charge in [-0.15, -0.1) is 0 Å². The van der Waals surface area contributed by atoms with E-state index in [0.717, 1.165) is 6.07 Å². The minimum absolute atomic E-state index is 0.140. The van der Waals surface area contributed by atoms with E-state index >= 15 is 0 Å². The van der Waals surface area contributed by atoms with Gasteiger partial charge in [-0.1, -0.05) is 22.0 Å². The summed E-state index contributed by atoms with van der Waals surface area (Å²) in [6.45, 7) is -3.28. The molecule has 0 aliphatic carbocycles. The topological polar surface area (TPSA) is 89.7 Å². The normalized spacial score (nSPS) is 10.5. The van der Waals surface area contributed by atoms with Crippen LogP contribution in [0.2, 0.25) is 0 Å². The van der Waals surface area contributed by atoms with Crippen LogP contribution in [0, 0.1) is 10.1 Å². The molecule has 1 rings (SSSR count). The quantitative estimate of drug-likeness (QED) is 0.489. The first-order valence-electron chi connectivity index (χ1n) is 4.88. The van der Waals surface area contributed by atoms with E-state index in [2.05, 4.69) is 20.7 Å². The van der Waals surface area contributed by atoms with Crippen molar-refractivity contribution in [3.63, 3.8) is 0 Å². The molecule has 0 saturated heterocycles. The van der Waals surface area contributed by atoms with Crippen LogP contribution in [0.25, 0.3) is 0 Å². The number of hydrogen-bond donors (Lipinski definition) is 1. The van der Waals surface area contributed by atoms with E-state index in [1.54, 1.807) is 0 Å². The van der Waals surface area contributed by atoms with Gasteiger partial charge in [-0.2, -0.15) is 8.78 Å². The Morgan fingerprint density at radius 2 is 2.16 bits per heavy atom. The molecule has 0 aromatic heterocycles. The van der Waals surface area contributed by atoms with Crippen LogP contribution in [-0.2, 0) is 16.5 Å². The molecule has 0 amide bonds. The molecule has 6 nitrogen and oxygen atoms in total. The largest absolute Gasteiger partial charge is 0.481 e. The lowest BCUT2D eigenvalue weighted by molar-refractivity contribution is -0.386. The first kappa shape index (κ1) is 15.3. The fourth-order valence-corrected chi connectivity index (χ4v) is 2.02. The Labute approximate surface area is 114 Å². The Bertz CT molecular complexity index is 509. The van der Waals surface area contributed by atoms with E-state index in [-0.39, 0.29) is 10.9 Å². The lowest BCUT2D eigenvalue weighted by Gasteiger charge is -2.13. The summed E-state index contributed by atoms with van der Waals surface area (Å²) in [6.07, 6.45) is -0.648. The zero-order valence-electron chi connectivity index (χ0n) is 9.31. The molecule has 0 aliphatic rings. The highest BCUT2D eigenvalue weighted by molar-refractivity contribution is 9.08. The summed E-state index contributed by atoms with van der Waals surface area (Å²) in [5, 5.41) is 19.7. The van der Waals surface area contributed by atoms with Crippen LogP contribution in [0.15, 0.2) is 12.1 Å².